The third-order valence-electron chi connectivity index (χ3n) is 0.570. The first-order valence-electron chi connectivity index (χ1n) is 2.31. The van der Waals surface area contributed by atoms with Crippen LogP contribution in [0.3, 0.4) is 0 Å². The zero-order valence-corrected chi connectivity index (χ0v) is 5.73. The van der Waals surface area contributed by atoms with Crippen LogP contribution in [-0.4, -0.2) is 6.21 Å². The van der Waals surface area contributed by atoms with Crippen LogP contribution < -0.4 is 0 Å². The van der Waals surface area contributed by atoms with Crippen LogP contribution in [-0.2, 0) is 0 Å². The van der Waals surface area contributed by atoms with E-state index < -0.39 is 0 Å². The number of thiol groups is 1. The lowest BCUT2D eigenvalue weighted by molar-refractivity contribution is 1.51. The largest absolute Gasteiger partial charge is 0.251 e. The molecule has 0 saturated heterocycles. The van der Waals surface area contributed by atoms with Crippen molar-refractivity contribution in [2.75, 3.05) is 0 Å². The molecule has 0 atom stereocenters. The van der Waals surface area contributed by atoms with Gasteiger partial charge in [0.1, 0.15) is 0 Å². The molecule has 44 valence electrons. The predicted octanol–water partition coefficient (Wildman–Crippen LogP) is 2.03. The highest BCUT2D eigenvalue weighted by atomic mass is 32.1. The summed E-state index contributed by atoms with van der Waals surface area (Å²) in [4.78, 5) is 3.84. The molecule has 0 aromatic carbocycles. The number of allylic oxidation sites excluding steroid dienone is 2. The van der Waals surface area contributed by atoms with Gasteiger partial charge in [-0.3, -0.25) is 4.99 Å². The highest BCUT2D eigenvalue weighted by Gasteiger charge is 1.72. The van der Waals surface area contributed by atoms with Crippen molar-refractivity contribution in [2.45, 2.75) is 6.92 Å². The van der Waals surface area contributed by atoms with E-state index in [0.717, 1.165) is 0 Å². The topological polar surface area (TPSA) is 12.4 Å². The van der Waals surface area contributed by atoms with Gasteiger partial charge in [0, 0.05) is 6.21 Å². The summed E-state index contributed by atoms with van der Waals surface area (Å²) in [5.41, 5.74) is 0. The summed E-state index contributed by atoms with van der Waals surface area (Å²) in [5, 5.41) is 0.713. The maximum absolute atomic E-state index is 3.98. The molecular weight excluding hydrogens is 118 g/mol. The summed E-state index contributed by atoms with van der Waals surface area (Å²) < 4.78 is 0. The fourth-order valence-electron chi connectivity index (χ4n) is 0.204. The molecule has 8 heavy (non-hydrogen) atoms. The molecule has 0 radical (unpaired) electrons. The van der Waals surface area contributed by atoms with Crippen LogP contribution in [0.25, 0.3) is 0 Å². The number of aliphatic imine (C=N–C) groups is 1. The van der Waals surface area contributed by atoms with Crippen molar-refractivity contribution < 1.29 is 0 Å². The zero-order valence-electron chi connectivity index (χ0n) is 4.83. The van der Waals surface area contributed by atoms with Gasteiger partial charge in [0.15, 0.2) is 0 Å². The number of nitrogens with zero attached hydrogens (tertiary/aromatic N) is 1. The Morgan fingerprint density at radius 2 is 2.38 bits per heavy atom. The maximum atomic E-state index is 3.98. The normalized spacial score (nSPS) is 12.5. The highest BCUT2D eigenvalue weighted by Crippen LogP contribution is 1.98. The molecule has 0 saturated carbocycles. The number of hydrogen-bond donors (Lipinski definition) is 1. The van der Waals surface area contributed by atoms with Crippen LogP contribution in [0.1, 0.15) is 6.92 Å². The van der Waals surface area contributed by atoms with Crippen molar-refractivity contribution in [1.82, 2.24) is 0 Å². The van der Waals surface area contributed by atoms with Crippen molar-refractivity contribution >= 4 is 18.8 Å². The Morgan fingerprint density at radius 3 is 2.75 bits per heavy atom. The van der Waals surface area contributed by atoms with Gasteiger partial charge in [-0.05, 0) is 6.92 Å². The molecule has 0 spiro atoms. The molecule has 0 heterocycles. The molecule has 0 aliphatic rings. The van der Waals surface area contributed by atoms with E-state index in [1.807, 2.05) is 13.0 Å². The standard InChI is InChI=1S/C6H9NS/c1-3-5-7-6(8)4-2/h3-5,8H,1H2,2H3/b6-4+,7-5-. The molecule has 0 bridgehead atoms. The van der Waals surface area contributed by atoms with Gasteiger partial charge in [0.25, 0.3) is 0 Å². The van der Waals surface area contributed by atoms with Crippen LogP contribution in [0.15, 0.2) is 28.8 Å². The number of hydrogen-bond acceptors (Lipinski definition) is 2. The second kappa shape index (κ2) is 4.65. The molecule has 0 N–H and O–H groups in total. The van der Waals surface area contributed by atoms with Gasteiger partial charge >= 0.3 is 0 Å². The van der Waals surface area contributed by atoms with Crippen LogP contribution in [0.2, 0.25) is 0 Å². The van der Waals surface area contributed by atoms with E-state index in [0.29, 0.717) is 5.03 Å². The van der Waals surface area contributed by atoms with Crippen molar-refractivity contribution in [1.29, 1.82) is 0 Å². The van der Waals surface area contributed by atoms with Gasteiger partial charge < -0.3 is 0 Å². The summed E-state index contributed by atoms with van der Waals surface area (Å²) in [6, 6.07) is 0. The van der Waals surface area contributed by atoms with Crippen LogP contribution in [0.5, 0.6) is 0 Å². The molecular formula is C6H9NS. The molecule has 1 nitrogen and oxygen atoms in total. The smallest absolute Gasteiger partial charge is 0.0886 e. The molecule has 0 amide bonds. The SMILES string of the molecule is C=C/C=N\C(S)=C/C. The minimum atomic E-state index is 0.713. The Balaban J connectivity index is 3.69. The van der Waals surface area contributed by atoms with Crippen molar-refractivity contribution in [3.8, 4) is 0 Å². The second-order valence-corrected chi connectivity index (χ2v) is 1.62. The van der Waals surface area contributed by atoms with E-state index in [-0.39, 0.29) is 0 Å². The average molecular weight is 127 g/mol. The summed E-state index contributed by atoms with van der Waals surface area (Å²) >= 11 is 3.98. The van der Waals surface area contributed by atoms with E-state index >= 15 is 0 Å². The van der Waals surface area contributed by atoms with Gasteiger partial charge in [0.2, 0.25) is 0 Å². The minimum absolute atomic E-state index is 0.713. The first-order chi connectivity index (χ1) is 3.81. The average Bonchev–Trinajstić information content (AvgIpc) is 1.83. The Morgan fingerprint density at radius 1 is 1.75 bits per heavy atom. The van der Waals surface area contributed by atoms with Gasteiger partial charge in [-0.25, -0.2) is 0 Å². The van der Waals surface area contributed by atoms with Crippen LogP contribution in [0, 0.1) is 0 Å². The maximum Gasteiger partial charge on any atom is 0.0886 e. The number of rotatable bonds is 2. The van der Waals surface area contributed by atoms with E-state index in [9.17, 15) is 0 Å². The molecule has 0 aromatic heterocycles. The fraction of sp³-hybridized carbons (Fsp3) is 0.167. The Kier molecular flexibility index (Phi) is 4.36. The second-order valence-electron chi connectivity index (χ2n) is 1.16. The van der Waals surface area contributed by atoms with E-state index in [2.05, 4.69) is 24.2 Å². The lowest BCUT2D eigenvalue weighted by atomic mass is 10.7. The summed E-state index contributed by atoms with van der Waals surface area (Å²) in [6.07, 6.45) is 5.02. The van der Waals surface area contributed by atoms with E-state index in [4.69, 9.17) is 0 Å². The monoisotopic (exact) mass is 127 g/mol. The third-order valence-corrected chi connectivity index (χ3v) is 0.944. The molecule has 0 rings (SSSR count). The van der Waals surface area contributed by atoms with Crippen LogP contribution in [0.4, 0.5) is 0 Å². The summed E-state index contributed by atoms with van der Waals surface area (Å²) in [6.45, 7) is 5.33. The predicted molar refractivity (Wildman–Crippen MR) is 41.4 cm³/mol. The van der Waals surface area contributed by atoms with Crippen molar-refractivity contribution in [3.05, 3.63) is 23.8 Å². The van der Waals surface area contributed by atoms with Gasteiger partial charge in [-0.2, -0.15) is 0 Å². The van der Waals surface area contributed by atoms with Crippen LogP contribution >= 0.6 is 12.6 Å². The zero-order chi connectivity index (χ0) is 6.41. The Labute approximate surface area is 55.2 Å². The third kappa shape index (κ3) is 3.68. The Bertz CT molecular complexity index is 124. The molecule has 0 aromatic rings. The lowest BCUT2D eigenvalue weighted by Gasteiger charge is -1.81. The summed E-state index contributed by atoms with van der Waals surface area (Å²) in [7, 11) is 0. The van der Waals surface area contributed by atoms with Crippen molar-refractivity contribution in [2.24, 2.45) is 4.99 Å². The quantitative estimate of drug-likeness (QED) is 0.430. The van der Waals surface area contributed by atoms with Gasteiger partial charge in [-0.15, -0.1) is 12.6 Å². The molecule has 0 unspecified atom stereocenters. The van der Waals surface area contributed by atoms with Crippen molar-refractivity contribution in [3.63, 3.8) is 0 Å². The van der Waals surface area contributed by atoms with E-state index in [1.165, 1.54) is 0 Å². The summed E-state index contributed by atoms with van der Waals surface area (Å²) in [5.74, 6) is 0. The van der Waals surface area contributed by atoms with Gasteiger partial charge in [0.05, 0.1) is 5.03 Å². The fourth-order valence-corrected chi connectivity index (χ4v) is 0.270. The first-order valence-corrected chi connectivity index (χ1v) is 2.76. The molecule has 0 aliphatic carbocycles. The molecule has 0 fully saturated rings. The first kappa shape index (κ1) is 7.50. The minimum Gasteiger partial charge on any atom is -0.251 e. The molecule has 0 aliphatic heterocycles. The lowest BCUT2D eigenvalue weighted by Crippen LogP contribution is -1.62. The Hall–Kier alpha value is -0.500. The van der Waals surface area contributed by atoms with E-state index in [1.54, 1.807) is 12.3 Å². The van der Waals surface area contributed by atoms with Gasteiger partial charge in [-0.1, -0.05) is 18.7 Å². The molecule has 2 heteroatoms. The highest BCUT2D eigenvalue weighted by molar-refractivity contribution is 7.84.